The maximum Gasteiger partial charge on any atom is 0.340 e. The quantitative estimate of drug-likeness (QED) is 0.475. The molecule has 1 aromatic rings. The molecule has 1 heterocycles. The van der Waals surface area contributed by atoms with E-state index in [0.29, 0.717) is 25.4 Å². The minimum absolute atomic E-state index is 0.0458. The normalized spacial score (nSPS) is 18.7. The number of esters is 1. The number of rotatable bonds is 3. The summed E-state index contributed by atoms with van der Waals surface area (Å²) in [7, 11) is 1.26. The largest absolute Gasteiger partial charge is 0.465 e. The lowest BCUT2D eigenvalue weighted by molar-refractivity contribution is -0.384. The number of benzene rings is 1. The highest BCUT2D eigenvalue weighted by molar-refractivity contribution is 5.96. The summed E-state index contributed by atoms with van der Waals surface area (Å²) in [5, 5.41) is 10.8. The van der Waals surface area contributed by atoms with Crippen molar-refractivity contribution in [2.45, 2.75) is 13.0 Å². The Morgan fingerprint density at radius 1 is 1.55 bits per heavy atom. The number of non-ortho nitro benzene ring substituents is 1. The molecule has 1 aliphatic heterocycles. The zero-order chi connectivity index (χ0) is 14.7. The molecule has 0 bridgehead atoms. The second kappa shape index (κ2) is 5.87. The van der Waals surface area contributed by atoms with Crippen molar-refractivity contribution in [3.05, 3.63) is 33.9 Å². The van der Waals surface area contributed by atoms with Crippen LogP contribution in [0.4, 0.5) is 11.4 Å². The Kier molecular flexibility index (Phi) is 4.19. The van der Waals surface area contributed by atoms with Crippen LogP contribution in [0.1, 0.15) is 17.3 Å². The third kappa shape index (κ3) is 2.88. The van der Waals surface area contributed by atoms with Crippen molar-refractivity contribution in [2.24, 2.45) is 0 Å². The van der Waals surface area contributed by atoms with Gasteiger partial charge in [-0.1, -0.05) is 0 Å². The van der Waals surface area contributed by atoms with E-state index in [0.717, 1.165) is 0 Å². The van der Waals surface area contributed by atoms with E-state index in [-0.39, 0.29) is 17.4 Å². The van der Waals surface area contributed by atoms with Crippen LogP contribution in [0.3, 0.4) is 0 Å². The number of carbonyl (C=O) groups excluding carboxylic acids is 1. The summed E-state index contributed by atoms with van der Waals surface area (Å²) in [6.07, 6.45) is 0.0458. The SMILES string of the molecule is COC(=O)c1cc([N+](=O)[O-])ccc1N1CCOC(C)C1. The Morgan fingerprint density at radius 3 is 2.90 bits per heavy atom. The molecule has 108 valence electrons. The molecule has 0 N–H and O–H groups in total. The van der Waals surface area contributed by atoms with E-state index in [1.54, 1.807) is 6.07 Å². The van der Waals surface area contributed by atoms with Crippen LogP contribution >= 0.6 is 0 Å². The lowest BCUT2D eigenvalue weighted by Crippen LogP contribution is -2.41. The van der Waals surface area contributed by atoms with E-state index in [2.05, 4.69) is 0 Å². The van der Waals surface area contributed by atoms with Gasteiger partial charge in [-0.15, -0.1) is 0 Å². The van der Waals surface area contributed by atoms with E-state index in [1.807, 2.05) is 11.8 Å². The molecule has 7 nitrogen and oxygen atoms in total. The number of morpholine rings is 1. The van der Waals surface area contributed by atoms with Gasteiger partial charge in [0.2, 0.25) is 0 Å². The van der Waals surface area contributed by atoms with Gasteiger partial charge in [-0.2, -0.15) is 0 Å². The van der Waals surface area contributed by atoms with Gasteiger partial charge in [-0.3, -0.25) is 10.1 Å². The molecule has 1 atom stereocenters. The van der Waals surface area contributed by atoms with Gasteiger partial charge in [-0.05, 0) is 13.0 Å². The van der Waals surface area contributed by atoms with Crippen LogP contribution < -0.4 is 4.90 Å². The fourth-order valence-corrected chi connectivity index (χ4v) is 2.22. The fraction of sp³-hybridized carbons (Fsp3) is 0.462. The monoisotopic (exact) mass is 280 g/mol. The molecule has 7 heteroatoms. The number of nitro groups is 1. The molecular formula is C13H16N2O5. The van der Waals surface area contributed by atoms with Crippen molar-refractivity contribution >= 4 is 17.3 Å². The topological polar surface area (TPSA) is 81.9 Å². The zero-order valence-electron chi connectivity index (χ0n) is 11.4. The summed E-state index contributed by atoms with van der Waals surface area (Å²) < 4.78 is 10.2. The van der Waals surface area contributed by atoms with Gasteiger partial charge in [0.15, 0.2) is 0 Å². The predicted octanol–water partition coefficient (Wildman–Crippen LogP) is 1.61. The predicted molar refractivity (Wildman–Crippen MR) is 72.1 cm³/mol. The molecule has 0 radical (unpaired) electrons. The van der Waals surface area contributed by atoms with Crippen LogP contribution in [-0.2, 0) is 9.47 Å². The number of nitrogens with zero attached hydrogens (tertiary/aromatic N) is 2. The first-order valence-corrected chi connectivity index (χ1v) is 6.26. The molecule has 0 saturated carbocycles. The number of carbonyl (C=O) groups is 1. The number of hydrogen-bond acceptors (Lipinski definition) is 6. The standard InChI is InChI=1S/C13H16N2O5/c1-9-8-14(5-6-20-9)12-4-3-10(15(17)18)7-11(12)13(16)19-2/h3-4,7,9H,5-6,8H2,1-2H3. The first kappa shape index (κ1) is 14.3. The summed E-state index contributed by atoms with van der Waals surface area (Å²) in [5.74, 6) is -0.581. The fourth-order valence-electron chi connectivity index (χ4n) is 2.22. The summed E-state index contributed by atoms with van der Waals surface area (Å²) >= 11 is 0. The molecule has 1 saturated heterocycles. The second-order valence-corrected chi connectivity index (χ2v) is 4.58. The highest BCUT2D eigenvalue weighted by atomic mass is 16.6. The van der Waals surface area contributed by atoms with Crippen LogP contribution in [-0.4, -0.2) is 43.8 Å². The van der Waals surface area contributed by atoms with Gasteiger partial charge in [0.25, 0.3) is 5.69 Å². The summed E-state index contributed by atoms with van der Waals surface area (Å²) in [4.78, 5) is 24.1. The molecule has 1 unspecified atom stereocenters. The molecule has 0 amide bonds. The van der Waals surface area contributed by atoms with E-state index in [4.69, 9.17) is 9.47 Å². The van der Waals surface area contributed by atoms with Crippen LogP contribution in [0, 0.1) is 10.1 Å². The number of nitro benzene ring substituents is 1. The molecular weight excluding hydrogens is 264 g/mol. The third-order valence-corrected chi connectivity index (χ3v) is 3.18. The van der Waals surface area contributed by atoms with Gasteiger partial charge in [0.05, 0.1) is 36.0 Å². The van der Waals surface area contributed by atoms with Crippen molar-refractivity contribution in [1.82, 2.24) is 0 Å². The minimum Gasteiger partial charge on any atom is -0.465 e. The molecule has 1 fully saturated rings. The molecule has 1 aliphatic rings. The Morgan fingerprint density at radius 2 is 2.30 bits per heavy atom. The Labute approximate surface area is 116 Å². The van der Waals surface area contributed by atoms with Crippen molar-refractivity contribution < 1.29 is 19.2 Å². The highest BCUT2D eigenvalue weighted by Gasteiger charge is 2.24. The molecule has 0 spiro atoms. The first-order chi connectivity index (χ1) is 9.52. The Hall–Kier alpha value is -2.15. The van der Waals surface area contributed by atoms with Crippen molar-refractivity contribution in [1.29, 1.82) is 0 Å². The summed E-state index contributed by atoms with van der Waals surface area (Å²) in [6.45, 7) is 3.75. The van der Waals surface area contributed by atoms with Crippen molar-refractivity contribution in [2.75, 3.05) is 31.7 Å². The molecule has 2 rings (SSSR count). The second-order valence-electron chi connectivity index (χ2n) is 4.58. The van der Waals surface area contributed by atoms with Gasteiger partial charge < -0.3 is 14.4 Å². The van der Waals surface area contributed by atoms with Crippen molar-refractivity contribution in [3.8, 4) is 0 Å². The zero-order valence-corrected chi connectivity index (χ0v) is 11.4. The number of hydrogen-bond donors (Lipinski definition) is 0. The van der Waals surface area contributed by atoms with E-state index >= 15 is 0 Å². The summed E-state index contributed by atoms with van der Waals surface area (Å²) in [5.41, 5.74) is 0.712. The highest BCUT2D eigenvalue weighted by Crippen LogP contribution is 2.27. The molecule has 20 heavy (non-hydrogen) atoms. The van der Waals surface area contributed by atoms with E-state index < -0.39 is 10.9 Å². The number of methoxy groups -OCH3 is 1. The lowest BCUT2D eigenvalue weighted by atomic mass is 10.1. The Bertz CT molecular complexity index is 531. The minimum atomic E-state index is -0.581. The van der Waals surface area contributed by atoms with E-state index in [9.17, 15) is 14.9 Å². The van der Waals surface area contributed by atoms with Gasteiger partial charge in [0, 0.05) is 25.2 Å². The van der Waals surface area contributed by atoms with Gasteiger partial charge >= 0.3 is 5.97 Å². The lowest BCUT2D eigenvalue weighted by Gasteiger charge is -2.33. The first-order valence-electron chi connectivity index (χ1n) is 6.26. The van der Waals surface area contributed by atoms with Crippen molar-refractivity contribution in [3.63, 3.8) is 0 Å². The van der Waals surface area contributed by atoms with Gasteiger partial charge in [-0.25, -0.2) is 4.79 Å². The maximum absolute atomic E-state index is 11.8. The molecule has 0 aromatic heterocycles. The number of anilines is 1. The van der Waals surface area contributed by atoms with Crippen LogP contribution in [0.2, 0.25) is 0 Å². The summed E-state index contributed by atoms with van der Waals surface area (Å²) in [6, 6.07) is 4.23. The Balaban J connectivity index is 2.40. The third-order valence-electron chi connectivity index (χ3n) is 3.18. The van der Waals surface area contributed by atoms with E-state index in [1.165, 1.54) is 19.2 Å². The maximum atomic E-state index is 11.8. The molecule has 0 aliphatic carbocycles. The number of ether oxygens (including phenoxy) is 2. The molecule has 1 aromatic carbocycles. The average molecular weight is 280 g/mol. The van der Waals surface area contributed by atoms with Crippen LogP contribution in [0.15, 0.2) is 18.2 Å². The van der Waals surface area contributed by atoms with Crippen LogP contribution in [0.5, 0.6) is 0 Å². The van der Waals surface area contributed by atoms with Gasteiger partial charge in [0.1, 0.15) is 0 Å². The average Bonchev–Trinajstić information content (AvgIpc) is 2.45. The smallest absolute Gasteiger partial charge is 0.340 e. The van der Waals surface area contributed by atoms with Crippen LogP contribution in [0.25, 0.3) is 0 Å².